The van der Waals surface area contributed by atoms with Crippen molar-refractivity contribution in [2.45, 2.75) is 19.4 Å². The van der Waals surface area contributed by atoms with Crippen molar-refractivity contribution in [3.05, 3.63) is 22.4 Å². The van der Waals surface area contributed by atoms with Crippen LogP contribution in [0.25, 0.3) is 0 Å². The molecular formula is C11H18N2S. The minimum atomic E-state index is 1.03. The number of nitrogens with one attached hydrogen (secondary N) is 1. The quantitative estimate of drug-likeness (QED) is 0.747. The van der Waals surface area contributed by atoms with Crippen molar-refractivity contribution < 1.29 is 0 Å². The highest BCUT2D eigenvalue weighted by Gasteiger charge is 2.09. The maximum atomic E-state index is 3.48. The number of rotatable bonds is 5. The third kappa shape index (κ3) is 3.08. The molecule has 0 radical (unpaired) electrons. The highest BCUT2D eigenvalue weighted by molar-refractivity contribution is 7.09. The van der Waals surface area contributed by atoms with Gasteiger partial charge in [0, 0.05) is 24.5 Å². The Kier molecular flexibility index (Phi) is 3.98. The summed E-state index contributed by atoms with van der Waals surface area (Å²) >= 11 is 1.83. The molecule has 78 valence electrons. The topological polar surface area (TPSA) is 15.3 Å². The summed E-state index contributed by atoms with van der Waals surface area (Å²) in [6.07, 6.45) is 2.79. The SMILES string of the molecule is c1csc(CNCCN2CCCC2)c1. The third-order valence-corrected chi connectivity index (χ3v) is 3.56. The largest absolute Gasteiger partial charge is 0.311 e. The smallest absolute Gasteiger partial charge is 0.0300 e. The van der Waals surface area contributed by atoms with Gasteiger partial charge in [-0.05, 0) is 37.4 Å². The number of likely N-dealkylation sites (tertiary alicyclic amines) is 1. The van der Waals surface area contributed by atoms with Gasteiger partial charge in [0.2, 0.25) is 0 Å². The standard InChI is InChI=1S/C11H18N2S/c1-2-7-13(6-1)8-5-12-10-11-4-3-9-14-11/h3-4,9,12H,1-2,5-8,10H2. The lowest BCUT2D eigenvalue weighted by molar-refractivity contribution is 0.336. The Bertz CT molecular complexity index is 240. The maximum Gasteiger partial charge on any atom is 0.0300 e. The van der Waals surface area contributed by atoms with E-state index in [2.05, 4.69) is 27.7 Å². The van der Waals surface area contributed by atoms with Crippen LogP contribution in [-0.4, -0.2) is 31.1 Å². The van der Waals surface area contributed by atoms with Crippen LogP contribution in [0, 0.1) is 0 Å². The van der Waals surface area contributed by atoms with Crippen molar-refractivity contribution in [3.8, 4) is 0 Å². The Balaban J connectivity index is 1.55. The zero-order valence-corrected chi connectivity index (χ0v) is 9.35. The number of nitrogens with zero attached hydrogens (tertiary/aromatic N) is 1. The van der Waals surface area contributed by atoms with Crippen molar-refractivity contribution >= 4 is 11.3 Å². The first-order chi connectivity index (χ1) is 6.95. The molecule has 14 heavy (non-hydrogen) atoms. The molecule has 0 atom stereocenters. The van der Waals surface area contributed by atoms with Crippen LogP contribution in [0.15, 0.2) is 17.5 Å². The van der Waals surface area contributed by atoms with Crippen LogP contribution >= 0.6 is 11.3 Å². The molecule has 1 aliphatic heterocycles. The van der Waals surface area contributed by atoms with E-state index in [-0.39, 0.29) is 0 Å². The van der Waals surface area contributed by atoms with E-state index in [1.807, 2.05) is 11.3 Å². The van der Waals surface area contributed by atoms with E-state index in [0.29, 0.717) is 0 Å². The molecule has 1 aromatic heterocycles. The molecule has 0 aromatic carbocycles. The average Bonchev–Trinajstić information content (AvgIpc) is 2.86. The minimum Gasteiger partial charge on any atom is -0.311 e. The van der Waals surface area contributed by atoms with Crippen molar-refractivity contribution in [3.63, 3.8) is 0 Å². The molecule has 1 aromatic rings. The second-order valence-corrected chi connectivity index (χ2v) is 4.84. The van der Waals surface area contributed by atoms with Gasteiger partial charge in [-0.15, -0.1) is 11.3 Å². The van der Waals surface area contributed by atoms with Gasteiger partial charge in [-0.25, -0.2) is 0 Å². The Hall–Kier alpha value is -0.380. The van der Waals surface area contributed by atoms with Crippen LogP contribution in [0.2, 0.25) is 0 Å². The first kappa shape index (κ1) is 10.1. The molecule has 3 heteroatoms. The zero-order valence-electron chi connectivity index (χ0n) is 8.54. The molecule has 1 N–H and O–H groups in total. The second kappa shape index (κ2) is 5.49. The lowest BCUT2D eigenvalue weighted by Gasteiger charge is -2.14. The predicted octanol–water partition coefficient (Wildman–Crippen LogP) is 1.93. The van der Waals surface area contributed by atoms with Gasteiger partial charge in [-0.3, -0.25) is 0 Å². The van der Waals surface area contributed by atoms with Crippen LogP contribution in [0.1, 0.15) is 17.7 Å². The molecule has 2 nitrogen and oxygen atoms in total. The Morgan fingerprint density at radius 2 is 2.21 bits per heavy atom. The maximum absolute atomic E-state index is 3.48. The zero-order chi connectivity index (χ0) is 9.64. The van der Waals surface area contributed by atoms with E-state index in [1.54, 1.807) is 0 Å². The van der Waals surface area contributed by atoms with Crippen LogP contribution in [-0.2, 0) is 6.54 Å². The van der Waals surface area contributed by atoms with E-state index in [1.165, 1.54) is 37.4 Å². The van der Waals surface area contributed by atoms with Gasteiger partial charge >= 0.3 is 0 Å². The average molecular weight is 210 g/mol. The van der Waals surface area contributed by atoms with Gasteiger partial charge in [0.1, 0.15) is 0 Å². The van der Waals surface area contributed by atoms with Gasteiger partial charge < -0.3 is 10.2 Å². The summed E-state index contributed by atoms with van der Waals surface area (Å²) < 4.78 is 0. The van der Waals surface area contributed by atoms with Crippen LogP contribution in [0.3, 0.4) is 0 Å². The highest BCUT2D eigenvalue weighted by atomic mass is 32.1. The first-order valence-corrected chi connectivity index (χ1v) is 6.28. The molecule has 0 spiro atoms. The predicted molar refractivity (Wildman–Crippen MR) is 61.7 cm³/mol. The molecule has 0 saturated carbocycles. The first-order valence-electron chi connectivity index (χ1n) is 5.40. The van der Waals surface area contributed by atoms with Gasteiger partial charge in [0.25, 0.3) is 0 Å². The molecule has 0 amide bonds. The fraction of sp³-hybridized carbons (Fsp3) is 0.636. The van der Waals surface area contributed by atoms with E-state index in [4.69, 9.17) is 0 Å². The molecule has 2 heterocycles. The number of hydrogen-bond donors (Lipinski definition) is 1. The molecular weight excluding hydrogens is 192 g/mol. The van der Waals surface area contributed by atoms with Crippen LogP contribution < -0.4 is 5.32 Å². The molecule has 1 fully saturated rings. The third-order valence-electron chi connectivity index (χ3n) is 2.68. The summed E-state index contributed by atoms with van der Waals surface area (Å²) in [6, 6.07) is 4.30. The fourth-order valence-electron chi connectivity index (χ4n) is 1.87. The Morgan fingerprint density at radius 1 is 1.36 bits per heavy atom. The van der Waals surface area contributed by atoms with Crippen LogP contribution in [0.4, 0.5) is 0 Å². The van der Waals surface area contributed by atoms with E-state index < -0.39 is 0 Å². The minimum absolute atomic E-state index is 1.03. The molecule has 0 unspecified atom stereocenters. The van der Waals surface area contributed by atoms with Crippen molar-refractivity contribution in [2.75, 3.05) is 26.2 Å². The van der Waals surface area contributed by atoms with E-state index >= 15 is 0 Å². The molecule has 0 aliphatic carbocycles. The monoisotopic (exact) mass is 210 g/mol. The van der Waals surface area contributed by atoms with E-state index in [9.17, 15) is 0 Å². The fourth-order valence-corrected chi connectivity index (χ4v) is 2.54. The van der Waals surface area contributed by atoms with E-state index in [0.717, 1.165) is 13.1 Å². The molecule has 0 bridgehead atoms. The highest BCUT2D eigenvalue weighted by Crippen LogP contribution is 2.08. The van der Waals surface area contributed by atoms with Gasteiger partial charge in [0.15, 0.2) is 0 Å². The summed E-state index contributed by atoms with van der Waals surface area (Å²) in [7, 11) is 0. The lowest BCUT2D eigenvalue weighted by Crippen LogP contribution is -2.29. The van der Waals surface area contributed by atoms with Gasteiger partial charge in [-0.1, -0.05) is 6.07 Å². The summed E-state index contributed by atoms with van der Waals surface area (Å²) in [5.41, 5.74) is 0. The molecule has 1 saturated heterocycles. The van der Waals surface area contributed by atoms with Crippen molar-refractivity contribution in [1.82, 2.24) is 10.2 Å². The van der Waals surface area contributed by atoms with Gasteiger partial charge in [0.05, 0.1) is 0 Å². The Labute approximate surface area is 89.9 Å². The summed E-state index contributed by atoms with van der Waals surface area (Å²) in [4.78, 5) is 3.98. The number of hydrogen-bond acceptors (Lipinski definition) is 3. The van der Waals surface area contributed by atoms with Crippen molar-refractivity contribution in [1.29, 1.82) is 0 Å². The summed E-state index contributed by atoms with van der Waals surface area (Å²) in [5.74, 6) is 0. The second-order valence-electron chi connectivity index (χ2n) is 3.80. The Morgan fingerprint density at radius 3 is 2.93 bits per heavy atom. The van der Waals surface area contributed by atoms with Crippen molar-refractivity contribution in [2.24, 2.45) is 0 Å². The van der Waals surface area contributed by atoms with Gasteiger partial charge in [-0.2, -0.15) is 0 Å². The summed E-state index contributed by atoms with van der Waals surface area (Å²) in [5, 5.41) is 5.62. The number of thiophene rings is 1. The molecule has 2 rings (SSSR count). The lowest BCUT2D eigenvalue weighted by atomic mass is 10.4. The normalized spacial score (nSPS) is 17.7. The van der Waals surface area contributed by atoms with Crippen LogP contribution in [0.5, 0.6) is 0 Å². The molecule has 1 aliphatic rings. The summed E-state index contributed by atoms with van der Waals surface area (Å²) in [6.45, 7) is 5.98.